The second-order valence-corrected chi connectivity index (χ2v) is 7.14. The molecule has 3 rings (SSSR count). The lowest BCUT2D eigenvalue weighted by Gasteiger charge is -2.28. The molecule has 2 aliphatic heterocycles. The fourth-order valence-corrected chi connectivity index (χ4v) is 3.80. The van der Waals surface area contributed by atoms with Crippen LogP contribution in [0.4, 0.5) is 10.1 Å². The molecule has 0 saturated carbocycles. The van der Waals surface area contributed by atoms with Crippen molar-refractivity contribution in [2.45, 2.75) is 38.6 Å². The van der Waals surface area contributed by atoms with E-state index in [0.717, 1.165) is 25.9 Å². The summed E-state index contributed by atoms with van der Waals surface area (Å²) in [5, 5.41) is 6.22. The summed E-state index contributed by atoms with van der Waals surface area (Å²) in [7, 11) is 0. The molecule has 5 nitrogen and oxygen atoms in total. The minimum absolute atomic E-state index is 0. The van der Waals surface area contributed by atoms with Gasteiger partial charge in [-0.05, 0) is 56.3 Å². The second kappa shape index (κ2) is 9.33. The lowest BCUT2D eigenvalue weighted by atomic mass is 9.85. The fourth-order valence-electron chi connectivity index (χ4n) is 3.80. The Morgan fingerprint density at radius 2 is 2.15 bits per heavy atom. The van der Waals surface area contributed by atoms with Crippen LogP contribution in [0, 0.1) is 17.7 Å². The normalized spacial score (nSPS) is 24.1. The lowest BCUT2D eigenvalue weighted by Crippen LogP contribution is -2.43. The smallest absolute Gasteiger partial charge is 0.249 e. The number of benzene rings is 1. The molecule has 2 fully saturated rings. The van der Waals surface area contributed by atoms with Crippen LogP contribution < -0.4 is 15.5 Å². The standard InChI is InChI=1S/C19H26FN3O2.ClH/c1-13(14-5-4-9-21-12-14)11-18(24)22-16-8-10-23(19(16)25)17-7-3-2-6-15(17)20;/h2-3,6-7,13-14,16,21H,4-5,8-12H2,1H3,(H,22,24);1H. The van der Waals surface area contributed by atoms with Crippen LogP contribution in [0.3, 0.4) is 0 Å². The zero-order chi connectivity index (χ0) is 17.8. The fraction of sp³-hybridized carbons (Fsp3) is 0.579. The van der Waals surface area contributed by atoms with Crippen LogP contribution in [0.2, 0.25) is 0 Å². The third-order valence-corrected chi connectivity index (χ3v) is 5.33. The first-order valence-corrected chi connectivity index (χ1v) is 9.12. The Morgan fingerprint density at radius 1 is 1.38 bits per heavy atom. The Morgan fingerprint density at radius 3 is 2.85 bits per heavy atom. The van der Waals surface area contributed by atoms with Crippen molar-refractivity contribution in [3.63, 3.8) is 0 Å². The van der Waals surface area contributed by atoms with Gasteiger partial charge in [-0.1, -0.05) is 19.1 Å². The molecule has 0 aromatic heterocycles. The molecule has 0 radical (unpaired) electrons. The van der Waals surface area contributed by atoms with Gasteiger partial charge in [-0.15, -0.1) is 12.4 Å². The Hall–Kier alpha value is -1.66. The van der Waals surface area contributed by atoms with E-state index in [4.69, 9.17) is 0 Å². The maximum absolute atomic E-state index is 13.9. The van der Waals surface area contributed by atoms with Crippen LogP contribution in [-0.2, 0) is 9.59 Å². The Balaban J connectivity index is 0.00000243. The molecule has 144 valence electrons. The number of rotatable bonds is 5. The number of halogens is 2. The van der Waals surface area contributed by atoms with Gasteiger partial charge in [-0.2, -0.15) is 0 Å². The van der Waals surface area contributed by atoms with Crippen LogP contribution in [0.5, 0.6) is 0 Å². The summed E-state index contributed by atoms with van der Waals surface area (Å²) in [6.07, 6.45) is 3.23. The van der Waals surface area contributed by atoms with Crippen molar-refractivity contribution in [2.24, 2.45) is 11.8 Å². The summed E-state index contributed by atoms with van der Waals surface area (Å²) in [6, 6.07) is 5.69. The van der Waals surface area contributed by atoms with Gasteiger partial charge in [0.25, 0.3) is 0 Å². The van der Waals surface area contributed by atoms with Gasteiger partial charge in [-0.25, -0.2) is 4.39 Å². The minimum Gasteiger partial charge on any atom is -0.344 e. The SMILES string of the molecule is CC(CC(=O)NC1CCN(c2ccccc2F)C1=O)C1CCCNC1.Cl. The number of nitrogens with zero attached hydrogens (tertiary/aromatic N) is 1. The average molecular weight is 384 g/mol. The number of amides is 2. The van der Waals surface area contributed by atoms with Gasteiger partial charge in [0.1, 0.15) is 11.9 Å². The van der Waals surface area contributed by atoms with Crippen LogP contribution in [0.15, 0.2) is 24.3 Å². The number of carbonyl (C=O) groups excluding carboxylic acids is 2. The van der Waals surface area contributed by atoms with Crippen molar-refractivity contribution in [1.29, 1.82) is 0 Å². The van der Waals surface area contributed by atoms with Crippen molar-refractivity contribution < 1.29 is 14.0 Å². The summed E-state index contributed by atoms with van der Waals surface area (Å²) in [6.45, 7) is 4.53. The molecule has 2 saturated heterocycles. The van der Waals surface area contributed by atoms with Crippen LogP contribution in [0.25, 0.3) is 0 Å². The summed E-state index contributed by atoms with van der Waals surface area (Å²) in [5.74, 6) is 0.0548. The maximum Gasteiger partial charge on any atom is 0.249 e. The molecule has 0 spiro atoms. The molecule has 3 unspecified atom stereocenters. The number of para-hydroxylation sites is 1. The van der Waals surface area contributed by atoms with E-state index in [1.54, 1.807) is 18.2 Å². The van der Waals surface area contributed by atoms with Crippen LogP contribution >= 0.6 is 12.4 Å². The number of nitrogens with one attached hydrogen (secondary N) is 2. The van der Waals surface area contributed by atoms with Crippen molar-refractivity contribution in [2.75, 3.05) is 24.5 Å². The predicted octanol–water partition coefficient (Wildman–Crippen LogP) is 2.49. The zero-order valence-electron chi connectivity index (χ0n) is 15.0. The highest BCUT2D eigenvalue weighted by molar-refractivity contribution is 6.01. The Labute approximate surface area is 160 Å². The molecule has 2 amide bonds. The van der Waals surface area contributed by atoms with Crippen molar-refractivity contribution >= 4 is 29.9 Å². The molecule has 0 aliphatic carbocycles. The highest BCUT2D eigenvalue weighted by Gasteiger charge is 2.35. The Bertz CT molecular complexity index is 637. The summed E-state index contributed by atoms with van der Waals surface area (Å²) in [5.41, 5.74) is 0.283. The van der Waals surface area contributed by atoms with E-state index in [1.807, 2.05) is 0 Å². The van der Waals surface area contributed by atoms with Crippen molar-refractivity contribution in [3.8, 4) is 0 Å². The third-order valence-electron chi connectivity index (χ3n) is 5.33. The molecule has 3 atom stereocenters. The largest absolute Gasteiger partial charge is 0.344 e. The molecular weight excluding hydrogens is 357 g/mol. The molecule has 1 aromatic carbocycles. The zero-order valence-corrected chi connectivity index (χ0v) is 15.9. The minimum atomic E-state index is -0.552. The maximum atomic E-state index is 13.9. The molecule has 7 heteroatoms. The van der Waals surface area contributed by atoms with E-state index in [0.29, 0.717) is 25.3 Å². The van der Waals surface area contributed by atoms with Gasteiger partial charge in [0, 0.05) is 13.0 Å². The van der Waals surface area contributed by atoms with Crippen molar-refractivity contribution in [1.82, 2.24) is 10.6 Å². The van der Waals surface area contributed by atoms with Gasteiger partial charge in [-0.3, -0.25) is 9.59 Å². The number of anilines is 1. The molecular formula is C19H27ClFN3O2. The number of hydrogen-bond acceptors (Lipinski definition) is 3. The first-order valence-electron chi connectivity index (χ1n) is 9.12. The van der Waals surface area contributed by atoms with Gasteiger partial charge < -0.3 is 15.5 Å². The van der Waals surface area contributed by atoms with E-state index in [9.17, 15) is 14.0 Å². The third kappa shape index (κ3) is 4.74. The summed E-state index contributed by atoms with van der Waals surface area (Å²) in [4.78, 5) is 26.3. The summed E-state index contributed by atoms with van der Waals surface area (Å²) >= 11 is 0. The highest BCUT2D eigenvalue weighted by atomic mass is 35.5. The summed E-state index contributed by atoms with van der Waals surface area (Å²) < 4.78 is 13.9. The molecule has 2 aliphatic rings. The lowest BCUT2D eigenvalue weighted by molar-refractivity contribution is -0.127. The Kier molecular flexibility index (Phi) is 7.41. The topological polar surface area (TPSA) is 61.4 Å². The second-order valence-electron chi connectivity index (χ2n) is 7.14. The molecule has 2 N–H and O–H groups in total. The van der Waals surface area contributed by atoms with E-state index in [-0.39, 0.29) is 35.8 Å². The average Bonchev–Trinajstić information content (AvgIpc) is 2.96. The van der Waals surface area contributed by atoms with E-state index < -0.39 is 11.9 Å². The number of piperidine rings is 1. The molecule has 0 bridgehead atoms. The number of carbonyl (C=O) groups is 2. The monoisotopic (exact) mass is 383 g/mol. The molecule has 26 heavy (non-hydrogen) atoms. The molecule has 2 heterocycles. The first-order chi connectivity index (χ1) is 12.1. The van der Waals surface area contributed by atoms with Gasteiger partial charge in [0.15, 0.2) is 0 Å². The van der Waals surface area contributed by atoms with Crippen molar-refractivity contribution in [3.05, 3.63) is 30.1 Å². The first kappa shape index (κ1) is 20.6. The van der Waals surface area contributed by atoms with Crippen LogP contribution in [-0.4, -0.2) is 37.5 Å². The van der Waals surface area contributed by atoms with Crippen LogP contribution in [0.1, 0.15) is 32.6 Å². The van der Waals surface area contributed by atoms with E-state index in [1.165, 1.54) is 11.0 Å². The number of hydrogen-bond donors (Lipinski definition) is 2. The van der Waals surface area contributed by atoms with Gasteiger partial charge in [0.05, 0.1) is 5.69 Å². The highest BCUT2D eigenvalue weighted by Crippen LogP contribution is 2.25. The van der Waals surface area contributed by atoms with Gasteiger partial charge >= 0.3 is 0 Å². The predicted molar refractivity (Wildman–Crippen MR) is 102 cm³/mol. The quantitative estimate of drug-likeness (QED) is 0.821. The molecule has 1 aromatic rings. The van der Waals surface area contributed by atoms with E-state index in [2.05, 4.69) is 17.6 Å². The van der Waals surface area contributed by atoms with Gasteiger partial charge in [0.2, 0.25) is 11.8 Å². The van der Waals surface area contributed by atoms with E-state index >= 15 is 0 Å².